The van der Waals surface area contributed by atoms with Crippen LogP contribution in [0.25, 0.3) is 22.2 Å². The lowest BCUT2D eigenvalue weighted by Gasteiger charge is -2.29. The Hall–Kier alpha value is -3.64. The predicted octanol–water partition coefficient (Wildman–Crippen LogP) is 5.52. The van der Waals surface area contributed by atoms with Crippen molar-refractivity contribution in [2.75, 3.05) is 20.1 Å². The largest absolute Gasteiger partial charge is 0.490 e. The molecule has 0 unspecified atom stereocenters. The zero-order valence-corrected chi connectivity index (χ0v) is 21.6. The van der Waals surface area contributed by atoms with E-state index in [-0.39, 0.29) is 17.6 Å². The number of nitrogens with one attached hydrogen (secondary N) is 2. The van der Waals surface area contributed by atoms with E-state index in [1.54, 1.807) is 0 Å². The summed E-state index contributed by atoms with van der Waals surface area (Å²) in [5.41, 5.74) is 5.86. The highest BCUT2D eigenvalue weighted by Gasteiger charge is 2.44. The number of carbonyl (C=O) groups excluding carboxylic acids is 1. The molecule has 1 aliphatic heterocycles. The Balaban J connectivity index is 1.17. The Kier molecular flexibility index (Phi) is 6.21. The second-order valence-electron chi connectivity index (χ2n) is 10.8. The molecule has 1 saturated carbocycles. The van der Waals surface area contributed by atoms with Crippen LogP contribution in [0.3, 0.4) is 0 Å². The molecule has 1 amide bonds. The lowest BCUT2D eigenvalue weighted by molar-refractivity contribution is 0.0931. The van der Waals surface area contributed by atoms with Gasteiger partial charge in [-0.2, -0.15) is 5.10 Å². The molecule has 1 aromatic heterocycles. The van der Waals surface area contributed by atoms with E-state index in [0.717, 1.165) is 73.1 Å². The maximum atomic E-state index is 13.3. The molecule has 2 N–H and O–H groups in total. The molecular weight excluding hydrogens is 460 g/mol. The van der Waals surface area contributed by atoms with Crippen LogP contribution in [0.2, 0.25) is 0 Å². The van der Waals surface area contributed by atoms with Crippen LogP contribution < -0.4 is 10.1 Å². The lowest BCUT2D eigenvalue weighted by Crippen LogP contribution is -2.38. The first-order valence-electron chi connectivity index (χ1n) is 13.3. The summed E-state index contributed by atoms with van der Waals surface area (Å²) in [5, 5.41) is 12.0. The molecule has 6 heteroatoms. The van der Waals surface area contributed by atoms with Crippen LogP contribution >= 0.6 is 0 Å². The van der Waals surface area contributed by atoms with E-state index >= 15 is 0 Å². The van der Waals surface area contributed by atoms with Gasteiger partial charge >= 0.3 is 0 Å². The summed E-state index contributed by atoms with van der Waals surface area (Å²) >= 11 is 0. The average molecular weight is 495 g/mol. The van der Waals surface area contributed by atoms with Crippen LogP contribution in [0.4, 0.5) is 0 Å². The minimum absolute atomic E-state index is 0.0259. The Morgan fingerprint density at radius 2 is 1.84 bits per heavy atom. The van der Waals surface area contributed by atoms with Gasteiger partial charge in [0.2, 0.25) is 0 Å². The van der Waals surface area contributed by atoms with Crippen LogP contribution in [0.15, 0.2) is 66.7 Å². The van der Waals surface area contributed by atoms with Gasteiger partial charge in [0.15, 0.2) is 0 Å². The first-order chi connectivity index (χ1) is 18.0. The number of likely N-dealkylation sites (tertiary alicyclic amines) is 1. The van der Waals surface area contributed by atoms with Gasteiger partial charge in [-0.05, 0) is 99.7 Å². The SMILES string of the molecule is Cc1ccccc1CC1(NC(=O)c2ccc3[nH]nc(-c4ccc(OC5CCN(C)CC5)cc4)c3c2)CC1. The summed E-state index contributed by atoms with van der Waals surface area (Å²) in [6, 6.07) is 22.3. The number of rotatable bonds is 7. The van der Waals surface area contributed by atoms with E-state index in [1.165, 1.54) is 11.1 Å². The fourth-order valence-corrected chi connectivity index (χ4v) is 5.34. The average Bonchev–Trinajstić information content (AvgIpc) is 3.53. The molecule has 4 aromatic rings. The third-order valence-corrected chi connectivity index (χ3v) is 7.94. The maximum Gasteiger partial charge on any atom is 0.251 e. The molecule has 2 fully saturated rings. The van der Waals surface area contributed by atoms with Gasteiger partial charge in [-0.3, -0.25) is 9.89 Å². The molecule has 190 valence electrons. The number of benzene rings is 3. The van der Waals surface area contributed by atoms with Crippen molar-refractivity contribution in [2.45, 2.75) is 50.7 Å². The van der Waals surface area contributed by atoms with Gasteiger partial charge in [-0.25, -0.2) is 0 Å². The Bertz CT molecular complexity index is 1410. The molecule has 0 spiro atoms. The second-order valence-corrected chi connectivity index (χ2v) is 10.8. The number of aryl methyl sites for hydroxylation is 1. The summed E-state index contributed by atoms with van der Waals surface area (Å²) < 4.78 is 6.21. The van der Waals surface area contributed by atoms with E-state index in [1.807, 2.05) is 42.5 Å². The molecule has 6 rings (SSSR count). The fourth-order valence-electron chi connectivity index (χ4n) is 5.34. The molecular formula is C31H34N4O2. The van der Waals surface area contributed by atoms with Gasteiger partial charge in [0.05, 0.1) is 11.2 Å². The zero-order valence-electron chi connectivity index (χ0n) is 21.6. The van der Waals surface area contributed by atoms with Crippen molar-refractivity contribution >= 4 is 16.8 Å². The van der Waals surface area contributed by atoms with Gasteiger partial charge < -0.3 is 15.0 Å². The van der Waals surface area contributed by atoms with E-state index < -0.39 is 0 Å². The highest BCUT2D eigenvalue weighted by atomic mass is 16.5. The van der Waals surface area contributed by atoms with Gasteiger partial charge in [0, 0.05) is 35.1 Å². The number of fused-ring (bicyclic) bond motifs is 1. The molecule has 37 heavy (non-hydrogen) atoms. The van der Waals surface area contributed by atoms with Gasteiger partial charge in [0.25, 0.3) is 5.91 Å². The molecule has 0 bridgehead atoms. The third kappa shape index (κ3) is 5.12. The maximum absolute atomic E-state index is 13.3. The lowest BCUT2D eigenvalue weighted by atomic mass is 9.99. The normalized spacial score (nSPS) is 17.6. The van der Waals surface area contributed by atoms with E-state index in [4.69, 9.17) is 4.74 Å². The number of hydrogen-bond donors (Lipinski definition) is 2. The molecule has 2 heterocycles. The standard InChI is InChI=1S/C31H34N4O2/c1-21-5-3-4-6-24(21)20-31(15-16-31)32-30(36)23-9-12-28-27(19-23)29(34-33-28)22-7-10-25(11-8-22)37-26-13-17-35(2)18-14-26/h3-12,19,26H,13-18,20H2,1-2H3,(H,32,36)(H,33,34). The van der Waals surface area contributed by atoms with E-state index in [9.17, 15) is 4.79 Å². The number of hydrogen-bond acceptors (Lipinski definition) is 4. The summed E-state index contributed by atoms with van der Waals surface area (Å²) in [7, 11) is 2.16. The van der Waals surface area contributed by atoms with Crippen molar-refractivity contribution in [3.05, 3.63) is 83.4 Å². The Morgan fingerprint density at radius 3 is 2.57 bits per heavy atom. The molecule has 6 nitrogen and oxygen atoms in total. The molecule has 0 atom stereocenters. The number of aromatic amines is 1. The zero-order chi connectivity index (χ0) is 25.4. The van der Waals surface area contributed by atoms with Crippen LogP contribution in [0.1, 0.15) is 47.2 Å². The van der Waals surface area contributed by atoms with Crippen molar-refractivity contribution in [2.24, 2.45) is 0 Å². The van der Waals surface area contributed by atoms with Gasteiger partial charge in [-0.1, -0.05) is 24.3 Å². The molecule has 1 saturated heterocycles. The number of nitrogens with zero attached hydrogens (tertiary/aromatic N) is 2. The highest BCUT2D eigenvalue weighted by Crippen LogP contribution is 2.39. The van der Waals surface area contributed by atoms with Crippen LogP contribution in [0.5, 0.6) is 5.75 Å². The number of ether oxygens (including phenoxy) is 1. The van der Waals surface area contributed by atoms with Crippen molar-refractivity contribution < 1.29 is 9.53 Å². The molecule has 2 aliphatic rings. The monoisotopic (exact) mass is 494 g/mol. The summed E-state index contributed by atoms with van der Waals surface area (Å²) in [6.07, 6.45) is 5.28. The van der Waals surface area contributed by atoms with Crippen molar-refractivity contribution in [3.8, 4) is 17.0 Å². The quantitative estimate of drug-likeness (QED) is 0.355. The number of carbonyl (C=O) groups is 1. The topological polar surface area (TPSA) is 70.2 Å². The second kappa shape index (κ2) is 9.67. The number of amides is 1. The first-order valence-corrected chi connectivity index (χ1v) is 13.3. The molecule has 1 aliphatic carbocycles. The minimum Gasteiger partial charge on any atom is -0.490 e. The number of H-pyrrole nitrogens is 1. The number of aromatic nitrogens is 2. The highest BCUT2D eigenvalue weighted by molar-refractivity contribution is 6.01. The predicted molar refractivity (Wildman–Crippen MR) is 147 cm³/mol. The molecule has 0 radical (unpaired) electrons. The smallest absolute Gasteiger partial charge is 0.251 e. The van der Waals surface area contributed by atoms with Gasteiger partial charge in [0.1, 0.15) is 11.9 Å². The molecule has 3 aromatic carbocycles. The summed E-state index contributed by atoms with van der Waals surface area (Å²) in [4.78, 5) is 15.6. The summed E-state index contributed by atoms with van der Waals surface area (Å²) in [6.45, 7) is 4.28. The third-order valence-electron chi connectivity index (χ3n) is 7.94. The number of piperidine rings is 1. The van der Waals surface area contributed by atoms with Crippen LogP contribution in [-0.4, -0.2) is 52.8 Å². The van der Waals surface area contributed by atoms with Crippen molar-refractivity contribution in [3.63, 3.8) is 0 Å². The minimum atomic E-state index is -0.138. The fraction of sp³-hybridized carbons (Fsp3) is 0.355. The Labute approximate surface area is 218 Å². The summed E-state index contributed by atoms with van der Waals surface area (Å²) in [5.74, 6) is 0.864. The van der Waals surface area contributed by atoms with Crippen molar-refractivity contribution in [1.82, 2.24) is 20.4 Å². The van der Waals surface area contributed by atoms with Crippen molar-refractivity contribution in [1.29, 1.82) is 0 Å². The van der Waals surface area contributed by atoms with E-state index in [2.05, 4.69) is 58.7 Å². The van der Waals surface area contributed by atoms with Crippen LogP contribution in [0, 0.1) is 6.92 Å². The first kappa shape index (κ1) is 23.7. The van der Waals surface area contributed by atoms with E-state index in [0.29, 0.717) is 5.56 Å². The van der Waals surface area contributed by atoms with Crippen LogP contribution in [-0.2, 0) is 6.42 Å². The van der Waals surface area contributed by atoms with Gasteiger partial charge in [-0.15, -0.1) is 0 Å². The Morgan fingerprint density at radius 1 is 1.08 bits per heavy atom.